The van der Waals surface area contributed by atoms with Gasteiger partial charge in [-0.2, -0.15) is 0 Å². The Morgan fingerprint density at radius 1 is 1.40 bits per heavy atom. The van der Waals surface area contributed by atoms with E-state index in [2.05, 4.69) is 0 Å². The first-order chi connectivity index (χ1) is 7.20. The molecule has 86 valence electrons. The Morgan fingerprint density at radius 3 is 2.80 bits per heavy atom. The maximum absolute atomic E-state index is 10.8. The van der Waals surface area contributed by atoms with Crippen molar-refractivity contribution in [3.63, 3.8) is 0 Å². The number of hydrogen-bond donors (Lipinski definition) is 0. The van der Waals surface area contributed by atoms with E-state index < -0.39 is 0 Å². The Kier molecular flexibility index (Phi) is 3.42. The average molecular weight is 212 g/mol. The lowest BCUT2D eigenvalue weighted by atomic mass is 9.99. The number of carbonyl (C=O) groups is 1. The van der Waals surface area contributed by atoms with Crippen molar-refractivity contribution in [3.05, 3.63) is 0 Å². The summed E-state index contributed by atoms with van der Waals surface area (Å²) in [4.78, 5) is 10.8. The van der Waals surface area contributed by atoms with Crippen molar-refractivity contribution in [1.82, 2.24) is 0 Å². The minimum absolute atomic E-state index is 0.235. The van der Waals surface area contributed by atoms with Gasteiger partial charge in [-0.1, -0.05) is 0 Å². The fourth-order valence-corrected chi connectivity index (χ4v) is 2.71. The first-order valence-electron chi connectivity index (χ1n) is 5.98. The van der Waals surface area contributed by atoms with Crippen LogP contribution in [0.2, 0.25) is 0 Å². The molecule has 1 saturated heterocycles. The molecule has 2 rings (SSSR count). The summed E-state index contributed by atoms with van der Waals surface area (Å²) in [5.41, 5.74) is 0. The summed E-state index contributed by atoms with van der Waals surface area (Å²) in [6.45, 7) is 3.17. The largest absolute Gasteiger partial charge is 0.348 e. The first kappa shape index (κ1) is 11.1. The van der Waals surface area contributed by atoms with Crippen molar-refractivity contribution in [2.24, 2.45) is 5.92 Å². The predicted octanol–water partition coefficient (Wildman–Crippen LogP) is 2.29. The molecule has 1 saturated carbocycles. The lowest BCUT2D eigenvalue weighted by Crippen LogP contribution is -2.25. The summed E-state index contributed by atoms with van der Waals surface area (Å²) >= 11 is 0. The van der Waals surface area contributed by atoms with Crippen molar-refractivity contribution in [1.29, 1.82) is 0 Å². The molecule has 1 unspecified atom stereocenters. The third-order valence-electron chi connectivity index (χ3n) is 3.49. The zero-order valence-electron chi connectivity index (χ0n) is 9.46. The maximum atomic E-state index is 10.8. The molecular weight excluding hydrogens is 192 g/mol. The number of carbonyl (C=O) groups excluding carboxylic acids is 1. The fraction of sp³-hybridized carbons (Fsp3) is 0.917. The van der Waals surface area contributed by atoms with Crippen LogP contribution in [0, 0.1) is 5.92 Å². The molecule has 2 aliphatic rings. The summed E-state index contributed by atoms with van der Waals surface area (Å²) in [7, 11) is 0. The van der Waals surface area contributed by atoms with Gasteiger partial charge >= 0.3 is 0 Å². The van der Waals surface area contributed by atoms with Crippen LogP contribution in [0.15, 0.2) is 0 Å². The maximum Gasteiger partial charge on any atom is 0.168 e. The number of hydrogen-bond acceptors (Lipinski definition) is 3. The van der Waals surface area contributed by atoms with Gasteiger partial charge in [-0.15, -0.1) is 0 Å². The van der Waals surface area contributed by atoms with Gasteiger partial charge in [0.25, 0.3) is 0 Å². The Bertz CT molecular complexity index is 231. The summed E-state index contributed by atoms with van der Waals surface area (Å²) in [6, 6.07) is 0. The van der Waals surface area contributed by atoms with E-state index in [1.807, 2.05) is 0 Å². The van der Waals surface area contributed by atoms with Crippen LogP contribution >= 0.6 is 0 Å². The highest BCUT2D eigenvalue weighted by atomic mass is 16.7. The van der Waals surface area contributed by atoms with Crippen LogP contribution in [-0.4, -0.2) is 24.8 Å². The summed E-state index contributed by atoms with van der Waals surface area (Å²) < 4.78 is 11.3. The van der Waals surface area contributed by atoms with E-state index in [1.165, 1.54) is 6.42 Å². The Hall–Kier alpha value is -0.410. The van der Waals surface area contributed by atoms with Gasteiger partial charge < -0.3 is 14.3 Å². The van der Waals surface area contributed by atoms with Crippen LogP contribution in [-0.2, 0) is 14.3 Å². The highest BCUT2D eigenvalue weighted by Gasteiger charge is 2.43. The predicted molar refractivity (Wildman–Crippen MR) is 56.5 cm³/mol. The standard InChI is InChI=1S/C12H20O3/c1-10(13)3-2-4-11-5-6-12(9-11)14-7-8-15-12/h11H,2-9H2,1H3. The number of ketones is 1. The second kappa shape index (κ2) is 4.62. The highest BCUT2D eigenvalue weighted by molar-refractivity contribution is 5.75. The quantitative estimate of drug-likeness (QED) is 0.717. The summed E-state index contributed by atoms with van der Waals surface area (Å²) in [5.74, 6) is 0.763. The van der Waals surface area contributed by atoms with Crippen molar-refractivity contribution in [3.8, 4) is 0 Å². The van der Waals surface area contributed by atoms with Gasteiger partial charge in [-0.25, -0.2) is 0 Å². The average Bonchev–Trinajstić information content (AvgIpc) is 2.78. The fourth-order valence-electron chi connectivity index (χ4n) is 2.71. The van der Waals surface area contributed by atoms with Crippen molar-refractivity contribution in [2.75, 3.05) is 13.2 Å². The normalized spacial score (nSPS) is 28.7. The van der Waals surface area contributed by atoms with Crippen molar-refractivity contribution in [2.45, 2.75) is 51.2 Å². The first-order valence-corrected chi connectivity index (χ1v) is 5.98. The van der Waals surface area contributed by atoms with Crippen LogP contribution in [0.3, 0.4) is 0 Å². The Balaban J connectivity index is 1.70. The van der Waals surface area contributed by atoms with E-state index in [9.17, 15) is 4.79 Å². The molecule has 2 fully saturated rings. The van der Waals surface area contributed by atoms with Gasteiger partial charge in [-0.05, 0) is 32.1 Å². The lowest BCUT2D eigenvalue weighted by Gasteiger charge is -2.21. The van der Waals surface area contributed by atoms with Gasteiger partial charge in [0, 0.05) is 19.3 Å². The van der Waals surface area contributed by atoms with Gasteiger partial charge in [-0.3, -0.25) is 0 Å². The minimum atomic E-state index is -0.235. The number of ether oxygens (including phenoxy) is 2. The van der Waals surface area contributed by atoms with E-state index >= 15 is 0 Å². The molecule has 3 nitrogen and oxygen atoms in total. The van der Waals surface area contributed by atoms with E-state index in [1.54, 1.807) is 6.92 Å². The van der Waals surface area contributed by atoms with Gasteiger partial charge in [0.15, 0.2) is 5.79 Å². The molecule has 1 atom stereocenters. The smallest absolute Gasteiger partial charge is 0.168 e. The SMILES string of the molecule is CC(=O)CCCC1CCC2(C1)OCCO2. The van der Waals surface area contributed by atoms with Gasteiger partial charge in [0.2, 0.25) is 0 Å². The van der Waals surface area contributed by atoms with Gasteiger partial charge in [0.1, 0.15) is 5.78 Å². The molecule has 0 aromatic rings. The molecule has 1 spiro atoms. The Labute approximate surface area is 91.1 Å². The molecule has 0 N–H and O–H groups in total. The molecule has 0 aromatic heterocycles. The molecule has 0 amide bonds. The number of rotatable bonds is 4. The van der Waals surface area contributed by atoms with Crippen LogP contribution in [0.1, 0.15) is 45.4 Å². The third-order valence-corrected chi connectivity index (χ3v) is 3.49. The van der Waals surface area contributed by atoms with E-state index in [-0.39, 0.29) is 5.79 Å². The van der Waals surface area contributed by atoms with Crippen molar-refractivity contribution >= 4 is 5.78 Å². The van der Waals surface area contributed by atoms with Crippen LogP contribution in [0.4, 0.5) is 0 Å². The van der Waals surface area contributed by atoms with E-state index in [0.29, 0.717) is 11.7 Å². The van der Waals surface area contributed by atoms with Crippen LogP contribution in [0.5, 0.6) is 0 Å². The molecule has 0 aromatic carbocycles. The molecule has 3 heteroatoms. The molecule has 0 bridgehead atoms. The molecular formula is C12H20O3. The zero-order chi connectivity index (χ0) is 10.7. The number of Topliss-reactive ketones (excluding diaryl/α,β-unsaturated/α-hetero) is 1. The minimum Gasteiger partial charge on any atom is -0.348 e. The van der Waals surface area contributed by atoms with Crippen LogP contribution < -0.4 is 0 Å². The highest BCUT2D eigenvalue weighted by Crippen LogP contribution is 2.42. The van der Waals surface area contributed by atoms with Gasteiger partial charge in [0.05, 0.1) is 13.2 Å². The third kappa shape index (κ3) is 2.79. The summed E-state index contributed by atoms with van der Waals surface area (Å²) in [5, 5.41) is 0. The second-order valence-corrected chi connectivity index (χ2v) is 4.81. The molecule has 0 radical (unpaired) electrons. The topological polar surface area (TPSA) is 35.5 Å². The zero-order valence-corrected chi connectivity index (χ0v) is 9.46. The monoisotopic (exact) mass is 212 g/mol. The molecule has 1 aliphatic heterocycles. The van der Waals surface area contributed by atoms with Crippen molar-refractivity contribution < 1.29 is 14.3 Å². The molecule has 1 heterocycles. The lowest BCUT2D eigenvalue weighted by molar-refractivity contribution is -0.152. The molecule has 15 heavy (non-hydrogen) atoms. The second-order valence-electron chi connectivity index (χ2n) is 4.81. The van der Waals surface area contributed by atoms with E-state index in [0.717, 1.165) is 45.3 Å². The summed E-state index contributed by atoms with van der Waals surface area (Å²) in [6.07, 6.45) is 6.16. The van der Waals surface area contributed by atoms with Crippen LogP contribution in [0.25, 0.3) is 0 Å². The Morgan fingerprint density at radius 2 is 2.13 bits per heavy atom. The molecule has 1 aliphatic carbocycles. The van der Waals surface area contributed by atoms with E-state index in [4.69, 9.17) is 9.47 Å².